The molecule has 1 aliphatic heterocycles. The van der Waals surface area contributed by atoms with Crippen LogP contribution in [-0.2, 0) is 10.3 Å². The first kappa shape index (κ1) is 29.3. The summed E-state index contributed by atoms with van der Waals surface area (Å²) in [5.41, 5.74) is 2.07. The van der Waals surface area contributed by atoms with Crippen molar-refractivity contribution in [3.05, 3.63) is 163 Å². The smallest absolute Gasteiger partial charge is 0.431 e. The number of halogens is 1. The lowest BCUT2D eigenvalue weighted by Crippen LogP contribution is -2.45. The maximum atomic E-state index is 13.9. The molecule has 0 radical (unpaired) electrons. The van der Waals surface area contributed by atoms with Crippen LogP contribution in [0, 0.1) is 0 Å². The number of hydrogen-bond acceptors (Lipinski definition) is 3. The summed E-state index contributed by atoms with van der Waals surface area (Å²) in [6, 6.07) is 52.4. The fourth-order valence-electron chi connectivity index (χ4n) is 6.00. The third-order valence-corrected chi connectivity index (χ3v) is 12.0. The second-order valence-corrected chi connectivity index (χ2v) is 13.4. The van der Waals surface area contributed by atoms with Gasteiger partial charge in [-0.15, -0.1) is 17.5 Å². The molecule has 6 rings (SSSR count). The van der Waals surface area contributed by atoms with Gasteiger partial charge < -0.3 is 4.74 Å². The standard InChI is InChI=1S/C36H32N2O2P.ClH/c1-2-40-35(39)38-36(29-18-8-3-9-19-29,30-20-10-4-11-21-30)28-34(37-38)41(31-22-12-5-13-23-31,32-24-14-6-15-25-32)33-26-16-7-17-27-33;/h3-27H,2,28H2,1H3;1H/q+1;. The molecule has 210 valence electrons. The maximum Gasteiger partial charge on any atom is 0.431 e. The summed E-state index contributed by atoms with van der Waals surface area (Å²) in [6.07, 6.45) is 0.0641. The molecule has 0 unspecified atom stereocenters. The van der Waals surface area contributed by atoms with E-state index in [4.69, 9.17) is 9.84 Å². The van der Waals surface area contributed by atoms with Gasteiger partial charge in [-0.25, -0.2) is 4.79 Å². The molecule has 0 fully saturated rings. The van der Waals surface area contributed by atoms with Crippen LogP contribution in [0.4, 0.5) is 4.79 Å². The predicted molar refractivity (Wildman–Crippen MR) is 177 cm³/mol. The molecule has 1 heterocycles. The molecule has 42 heavy (non-hydrogen) atoms. The molecule has 0 saturated heterocycles. The summed E-state index contributed by atoms with van der Waals surface area (Å²) in [5.74, 6) is 0. The van der Waals surface area contributed by atoms with Crippen LogP contribution in [0.2, 0.25) is 0 Å². The van der Waals surface area contributed by atoms with Crippen LogP contribution in [0.1, 0.15) is 24.5 Å². The van der Waals surface area contributed by atoms with E-state index in [1.165, 1.54) is 15.9 Å². The van der Waals surface area contributed by atoms with Gasteiger partial charge >= 0.3 is 6.09 Å². The molecule has 0 aromatic heterocycles. The monoisotopic (exact) mass is 591 g/mol. The summed E-state index contributed by atoms with van der Waals surface area (Å²) in [4.78, 5) is 13.9. The maximum absolute atomic E-state index is 13.9. The SMILES string of the molecule is CCOC(=O)N1N=C([P+](c2ccccc2)(c2ccccc2)c2ccccc2)CC1(c1ccccc1)c1ccccc1.Cl. The Morgan fingerprint density at radius 1 is 0.667 bits per heavy atom. The molecule has 4 nitrogen and oxygen atoms in total. The normalized spacial score (nSPS) is 14.0. The first-order chi connectivity index (χ1) is 20.2. The molecule has 1 amide bonds. The van der Waals surface area contributed by atoms with Gasteiger partial charge in [-0.1, -0.05) is 115 Å². The number of carbonyl (C=O) groups is 1. The van der Waals surface area contributed by atoms with Gasteiger partial charge in [-0.3, -0.25) is 0 Å². The van der Waals surface area contributed by atoms with Crippen molar-refractivity contribution in [3.63, 3.8) is 0 Å². The number of rotatable bonds is 7. The number of hydrazone groups is 1. The van der Waals surface area contributed by atoms with E-state index in [2.05, 4.69) is 97.1 Å². The fraction of sp³-hybridized carbons (Fsp3) is 0.111. The molecular weight excluding hydrogens is 559 g/mol. The number of ether oxygens (including phenoxy) is 1. The Morgan fingerprint density at radius 3 is 1.38 bits per heavy atom. The highest BCUT2D eigenvalue weighted by Crippen LogP contribution is 2.62. The van der Waals surface area contributed by atoms with Gasteiger partial charge in [0.15, 0.2) is 12.7 Å². The van der Waals surface area contributed by atoms with Crippen LogP contribution in [0.5, 0.6) is 0 Å². The first-order valence-electron chi connectivity index (χ1n) is 13.9. The third-order valence-electron chi connectivity index (χ3n) is 7.75. The van der Waals surface area contributed by atoms with E-state index in [1.807, 2.05) is 61.5 Å². The summed E-state index contributed by atoms with van der Waals surface area (Å²) in [6.45, 7) is 2.09. The van der Waals surface area contributed by atoms with Crippen molar-refractivity contribution in [1.29, 1.82) is 0 Å². The molecule has 5 aromatic carbocycles. The zero-order valence-electron chi connectivity index (χ0n) is 23.4. The van der Waals surface area contributed by atoms with Gasteiger partial charge in [0.25, 0.3) is 0 Å². The number of amides is 1. The van der Waals surface area contributed by atoms with Gasteiger partial charge in [0, 0.05) is 0 Å². The molecule has 0 spiro atoms. The molecular formula is C36H33ClN2O2P+. The number of nitrogens with zero attached hydrogens (tertiary/aromatic N) is 2. The molecule has 1 aliphatic rings. The highest BCUT2D eigenvalue weighted by molar-refractivity contribution is 8.08. The van der Waals surface area contributed by atoms with E-state index in [9.17, 15) is 4.79 Å². The fourth-order valence-corrected chi connectivity index (χ4v) is 10.3. The minimum absolute atomic E-state index is 0. The lowest BCUT2D eigenvalue weighted by Gasteiger charge is -2.36. The third kappa shape index (κ3) is 4.91. The number of benzene rings is 5. The van der Waals surface area contributed by atoms with Crippen molar-refractivity contribution in [2.75, 3.05) is 6.61 Å². The Hall–Kier alpha value is -4.24. The quantitative estimate of drug-likeness (QED) is 0.184. The van der Waals surface area contributed by atoms with E-state index >= 15 is 0 Å². The van der Waals surface area contributed by atoms with E-state index in [-0.39, 0.29) is 19.0 Å². The number of hydrogen-bond donors (Lipinski definition) is 0. The Labute approximate surface area is 254 Å². The average Bonchev–Trinajstić information content (AvgIpc) is 3.46. The minimum Gasteiger partial charge on any atom is -0.448 e. The van der Waals surface area contributed by atoms with E-state index in [0.717, 1.165) is 16.6 Å². The zero-order valence-corrected chi connectivity index (χ0v) is 25.1. The van der Waals surface area contributed by atoms with Crippen molar-refractivity contribution >= 4 is 47.1 Å². The molecule has 0 saturated carbocycles. The van der Waals surface area contributed by atoms with Gasteiger partial charge in [0.05, 0.1) is 13.0 Å². The second-order valence-electron chi connectivity index (χ2n) is 9.97. The Bertz CT molecular complexity index is 1500. The molecule has 6 heteroatoms. The summed E-state index contributed by atoms with van der Waals surface area (Å²) >= 11 is 0. The van der Waals surface area contributed by atoms with E-state index < -0.39 is 18.9 Å². The Balaban J connectivity index is 0.00000353. The van der Waals surface area contributed by atoms with Gasteiger partial charge in [0.1, 0.15) is 21.5 Å². The second kappa shape index (κ2) is 12.7. The molecule has 0 N–H and O–H groups in total. The lowest BCUT2D eigenvalue weighted by molar-refractivity contribution is 0.0768. The lowest BCUT2D eigenvalue weighted by atomic mass is 9.80. The number of carbonyl (C=O) groups excluding carboxylic acids is 1. The minimum atomic E-state index is -2.52. The highest BCUT2D eigenvalue weighted by atomic mass is 35.5. The van der Waals surface area contributed by atoms with Crippen LogP contribution in [0.3, 0.4) is 0 Å². The molecule has 5 aromatic rings. The van der Waals surface area contributed by atoms with E-state index in [0.29, 0.717) is 6.42 Å². The molecule has 0 atom stereocenters. The summed E-state index contributed by atoms with van der Waals surface area (Å²) < 4.78 is 5.69. The predicted octanol–water partition coefficient (Wildman–Crippen LogP) is 7.52. The van der Waals surface area contributed by atoms with Crippen LogP contribution in [0.25, 0.3) is 0 Å². The largest absolute Gasteiger partial charge is 0.448 e. The zero-order chi connectivity index (χ0) is 28.1. The Kier molecular flexibility index (Phi) is 8.87. The van der Waals surface area contributed by atoms with E-state index in [1.54, 1.807) is 5.01 Å². The van der Waals surface area contributed by atoms with Crippen molar-refractivity contribution in [2.24, 2.45) is 5.10 Å². The van der Waals surface area contributed by atoms with Crippen LogP contribution in [-0.4, -0.2) is 23.2 Å². The van der Waals surface area contributed by atoms with Crippen LogP contribution in [0.15, 0.2) is 157 Å². The topological polar surface area (TPSA) is 41.9 Å². The van der Waals surface area contributed by atoms with Crippen LogP contribution < -0.4 is 15.9 Å². The van der Waals surface area contributed by atoms with Crippen molar-refractivity contribution in [2.45, 2.75) is 18.9 Å². The Morgan fingerprint density at radius 2 is 1.02 bits per heavy atom. The van der Waals surface area contributed by atoms with Crippen molar-refractivity contribution < 1.29 is 9.53 Å². The average molecular weight is 592 g/mol. The first-order valence-corrected chi connectivity index (χ1v) is 15.7. The van der Waals surface area contributed by atoms with Gasteiger partial charge in [0.2, 0.25) is 0 Å². The molecule has 0 bridgehead atoms. The molecule has 0 aliphatic carbocycles. The summed E-state index contributed by atoms with van der Waals surface area (Å²) in [5, 5.41) is 10.5. The van der Waals surface area contributed by atoms with Crippen LogP contribution >= 0.6 is 19.7 Å². The van der Waals surface area contributed by atoms with Crippen molar-refractivity contribution in [3.8, 4) is 0 Å². The van der Waals surface area contributed by atoms with Gasteiger partial charge in [-0.05, 0) is 54.4 Å². The van der Waals surface area contributed by atoms with Crippen molar-refractivity contribution in [1.82, 2.24) is 5.01 Å². The highest BCUT2D eigenvalue weighted by Gasteiger charge is 2.60. The summed E-state index contributed by atoms with van der Waals surface area (Å²) in [7, 11) is -2.52. The van der Waals surface area contributed by atoms with Gasteiger partial charge in [-0.2, -0.15) is 5.01 Å².